The van der Waals surface area contributed by atoms with Gasteiger partial charge in [-0.1, -0.05) is 42.5 Å². The van der Waals surface area contributed by atoms with Gasteiger partial charge in [0.1, 0.15) is 5.75 Å². The van der Waals surface area contributed by atoms with E-state index in [0.29, 0.717) is 16.8 Å². The van der Waals surface area contributed by atoms with Gasteiger partial charge in [0, 0.05) is 11.5 Å². The summed E-state index contributed by atoms with van der Waals surface area (Å²) in [6.45, 7) is 0. The maximum atomic E-state index is 9.45. The monoisotopic (exact) mass is 400 g/mol. The van der Waals surface area contributed by atoms with Gasteiger partial charge in [0.2, 0.25) is 0 Å². The molecule has 7 rings (SSSR count). The Morgan fingerprint density at radius 3 is 2.47 bits per heavy atom. The smallest absolute Gasteiger partial charge is 0.488 e. The molecule has 4 fully saturated rings. The summed E-state index contributed by atoms with van der Waals surface area (Å²) in [4.78, 5) is 0. The lowest BCUT2D eigenvalue weighted by atomic mass is 9.65. The number of fused-ring (bicyclic) bond motifs is 1. The highest BCUT2D eigenvalue weighted by atomic mass is 16.5. The summed E-state index contributed by atoms with van der Waals surface area (Å²) in [5, 5.41) is 21.2. The Balaban J connectivity index is 1.38. The number of methoxy groups -OCH3 is 1. The Kier molecular flexibility index (Phi) is 4.20. The van der Waals surface area contributed by atoms with Crippen molar-refractivity contribution in [3.05, 3.63) is 58.0 Å². The first-order chi connectivity index (χ1) is 14.5. The maximum absolute atomic E-state index is 9.45. The molecule has 5 aliphatic carbocycles. The first kappa shape index (κ1) is 18.7. The van der Waals surface area contributed by atoms with Crippen LogP contribution in [0.5, 0.6) is 5.75 Å². The maximum Gasteiger partial charge on any atom is 0.488 e. The van der Waals surface area contributed by atoms with Gasteiger partial charge in [-0.3, -0.25) is 0 Å². The van der Waals surface area contributed by atoms with Gasteiger partial charge in [0.15, 0.2) is 0 Å². The predicted molar refractivity (Wildman–Crippen MR) is 120 cm³/mol. The molecule has 0 amide bonds. The summed E-state index contributed by atoms with van der Waals surface area (Å²) in [5.41, 5.74) is 3.71. The first-order valence-electron chi connectivity index (χ1n) is 11.4. The minimum Gasteiger partial charge on any atom is -0.496 e. The van der Waals surface area contributed by atoms with E-state index in [0.717, 1.165) is 35.1 Å². The molecule has 3 atom stereocenters. The summed E-state index contributed by atoms with van der Waals surface area (Å²) < 4.78 is 5.86. The Labute approximate surface area is 178 Å². The fourth-order valence-electron chi connectivity index (χ4n) is 7.36. The molecule has 0 aromatic heterocycles. The Morgan fingerprint density at radius 1 is 0.967 bits per heavy atom. The average Bonchev–Trinajstić information content (AvgIpc) is 3.19. The minimum absolute atomic E-state index is 0.334. The van der Waals surface area contributed by atoms with Crippen LogP contribution >= 0.6 is 0 Å². The van der Waals surface area contributed by atoms with Gasteiger partial charge in [-0.2, -0.15) is 0 Å². The minimum atomic E-state index is -1.42. The normalized spacial score (nSPS) is 33.0. The van der Waals surface area contributed by atoms with Gasteiger partial charge >= 0.3 is 7.12 Å². The fraction of sp³-hybridized carbons (Fsp3) is 0.462. The van der Waals surface area contributed by atoms with Crippen LogP contribution in [0.25, 0.3) is 12.2 Å². The van der Waals surface area contributed by atoms with E-state index in [1.54, 1.807) is 0 Å². The second-order valence-corrected chi connectivity index (χ2v) is 10.2. The van der Waals surface area contributed by atoms with E-state index in [2.05, 4.69) is 30.4 Å². The van der Waals surface area contributed by atoms with Crippen LogP contribution in [0.2, 0.25) is 0 Å². The lowest BCUT2D eigenvalue weighted by Crippen LogP contribution is -2.38. The van der Waals surface area contributed by atoms with E-state index in [9.17, 15) is 10.0 Å². The fourth-order valence-corrected chi connectivity index (χ4v) is 7.36. The SMILES string of the molecule is COc1ccc(C2C=c3ccc(B(O)O)cc3=CC2)cc1C12CC3CC(C1)C(C3)C2. The Morgan fingerprint density at radius 2 is 1.77 bits per heavy atom. The molecule has 2 aromatic rings. The van der Waals surface area contributed by atoms with Gasteiger partial charge in [0.05, 0.1) is 7.11 Å². The molecule has 4 heteroatoms. The first-order valence-corrected chi connectivity index (χ1v) is 11.4. The second kappa shape index (κ2) is 6.73. The molecule has 30 heavy (non-hydrogen) atoms. The molecule has 3 nitrogen and oxygen atoms in total. The zero-order valence-electron chi connectivity index (χ0n) is 17.6. The summed E-state index contributed by atoms with van der Waals surface area (Å²) in [6, 6.07) is 12.6. The molecule has 154 valence electrons. The van der Waals surface area contributed by atoms with Crippen LogP contribution in [-0.2, 0) is 5.41 Å². The third-order valence-electron chi connectivity index (χ3n) is 8.53. The van der Waals surface area contributed by atoms with Crippen molar-refractivity contribution in [2.75, 3.05) is 7.11 Å². The lowest BCUT2D eigenvalue weighted by molar-refractivity contribution is 0.223. The van der Waals surface area contributed by atoms with Gasteiger partial charge in [-0.25, -0.2) is 0 Å². The van der Waals surface area contributed by atoms with Gasteiger partial charge < -0.3 is 14.8 Å². The standard InChI is InChI=1S/C26H29BO3/c1-30-25-7-5-20(12-24(25)26-13-16-8-21(14-26)22(9-16)15-26)17-2-3-19-11-23(27(28)29)6-4-18(19)10-17/h3-7,10-12,16-17,21-22,28-29H,2,8-9,13-15H2,1H3. The third-order valence-corrected chi connectivity index (χ3v) is 8.53. The molecule has 4 bridgehead atoms. The van der Waals surface area contributed by atoms with E-state index < -0.39 is 7.12 Å². The highest BCUT2D eigenvalue weighted by Gasteiger charge is 2.57. The average molecular weight is 400 g/mol. The van der Waals surface area contributed by atoms with Crippen LogP contribution in [0.3, 0.4) is 0 Å². The van der Waals surface area contributed by atoms with Crippen LogP contribution in [0.1, 0.15) is 55.6 Å². The zero-order valence-corrected chi connectivity index (χ0v) is 17.6. The van der Waals surface area contributed by atoms with Crippen LogP contribution in [0.15, 0.2) is 36.4 Å². The summed E-state index contributed by atoms with van der Waals surface area (Å²) >= 11 is 0. The van der Waals surface area contributed by atoms with Crippen molar-refractivity contribution in [1.82, 2.24) is 0 Å². The van der Waals surface area contributed by atoms with E-state index in [1.807, 2.05) is 25.3 Å². The topological polar surface area (TPSA) is 49.7 Å². The molecule has 3 unspecified atom stereocenters. The highest BCUT2D eigenvalue weighted by molar-refractivity contribution is 6.58. The quantitative estimate of drug-likeness (QED) is 0.774. The largest absolute Gasteiger partial charge is 0.496 e. The van der Waals surface area contributed by atoms with E-state index in [1.165, 1.54) is 48.4 Å². The van der Waals surface area contributed by atoms with Gasteiger partial charge in [-0.05, 0) is 89.2 Å². The highest BCUT2D eigenvalue weighted by Crippen LogP contribution is 2.65. The number of hydrogen-bond acceptors (Lipinski definition) is 3. The van der Waals surface area contributed by atoms with Crippen molar-refractivity contribution >= 4 is 24.7 Å². The Bertz CT molecular complexity index is 1100. The molecule has 5 aliphatic rings. The third kappa shape index (κ3) is 2.80. The van der Waals surface area contributed by atoms with Gasteiger partial charge in [0.25, 0.3) is 0 Å². The van der Waals surface area contributed by atoms with Gasteiger partial charge in [-0.15, -0.1) is 0 Å². The summed E-state index contributed by atoms with van der Waals surface area (Å²) in [6.07, 6.45) is 12.5. The predicted octanol–water partition coefficient (Wildman–Crippen LogP) is 2.20. The van der Waals surface area contributed by atoms with Crippen LogP contribution in [0, 0.1) is 17.8 Å². The van der Waals surface area contributed by atoms with E-state index in [-0.39, 0.29) is 0 Å². The van der Waals surface area contributed by atoms with Crippen LogP contribution in [0.4, 0.5) is 0 Å². The summed E-state index contributed by atoms with van der Waals surface area (Å²) in [7, 11) is 0.400. The lowest BCUT2D eigenvalue weighted by Gasteiger charge is -2.40. The zero-order chi connectivity index (χ0) is 20.5. The van der Waals surface area contributed by atoms with Crippen LogP contribution < -0.4 is 20.6 Å². The molecule has 0 spiro atoms. The van der Waals surface area contributed by atoms with Crippen molar-refractivity contribution in [2.45, 2.75) is 49.9 Å². The van der Waals surface area contributed by atoms with Crippen molar-refractivity contribution in [3.8, 4) is 5.75 Å². The van der Waals surface area contributed by atoms with Crippen molar-refractivity contribution in [1.29, 1.82) is 0 Å². The molecule has 4 saturated carbocycles. The second-order valence-electron chi connectivity index (χ2n) is 10.2. The molecule has 0 saturated heterocycles. The molecule has 2 aromatic carbocycles. The molecule has 0 aliphatic heterocycles. The molecular weight excluding hydrogens is 371 g/mol. The Hall–Kier alpha value is -2.04. The number of hydrogen-bond donors (Lipinski definition) is 2. The van der Waals surface area contributed by atoms with Crippen molar-refractivity contribution in [3.63, 3.8) is 0 Å². The molecular formula is C26H29BO3. The number of rotatable bonds is 4. The van der Waals surface area contributed by atoms with E-state index >= 15 is 0 Å². The van der Waals surface area contributed by atoms with Crippen molar-refractivity contribution in [2.24, 2.45) is 17.8 Å². The number of ether oxygens (including phenoxy) is 1. The summed E-state index contributed by atoms with van der Waals surface area (Å²) in [5.74, 6) is 4.22. The molecule has 2 N–H and O–H groups in total. The number of benzene rings is 2. The molecule has 0 radical (unpaired) electrons. The van der Waals surface area contributed by atoms with Crippen LogP contribution in [-0.4, -0.2) is 24.3 Å². The van der Waals surface area contributed by atoms with Crippen molar-refractivity contribution < 1.29 is 14.8 Å². The molecule has 0 heterocycles. The van der Waals surface area contributed by atoms with E-state index in [4.69, 9.17) is 4.74 Å².